The maximum Gasteiger partial charge on any atom is 0.153 e. The first kappa shape index (κ1) is 14.8. The van der Waals surface area contributed by atoms with Gasteiger partial charge in [0.2, 0.25) is 0 Å². The lowest BCUT2D eigenvalue weighted by molar-refractivity contribution is 0.337. The fraction of sp³-hybridized carbons (Fsp3) is 0.176. The van der Waals surface area contributed by atoms with Crippen molar-refractivity contribution in [2.45, 2.75) is 5.92 Å². The summed E-state index contributed by atoms with van der Waals surface area (Å²) >= 11 is -1.85. The molecule has 3 nitrogen and oxygen atoms in total. The van der Waals surface area contributed by atoms with Gasteiger partial charge in [0.15, 0.2) is 11.1 Å². The largest absolute Gasteiger partial charge is 0.493 e. The van der Waals surface area contributed by atoms with Crippen molar-refractivity contribution in [3.8, 4) is 17.6 Å². The summed E-state index contributed by atoms with van der Waals surface area (Å²) in [4.78, 5) is 0. The van der Waals surface area contributed by atoms with Gasteiger partial charge in [-0.15, -0.1) is 0 Å². The van der Waals surface area contributed by atoms with Crippen molar-refractivity contribution in [1.29, 1.82) is 0 Å². The second-order valence-corrected chi connectivity index (χ2v) is 5.95. The van der Waals surface area contributed by atoms with Crippen molar-refractivity contribution in [2.75, 3.05) is 12.4 Å². The van der Waals surface area contributed by atoms with Crippen molar-refractivity contribution in [3.05, 3.63) is 65.0 Å². The molecular formula is C17H13FO3S. The summed E-state index contributed by atoms with van der Waals surface area (Å²) in [7, 11) is 0. The van der Waals surface area contributed by atoms with Gasteiger partial charge in [-0.1, -0.05) is 30.0 Å². The summed E-state index contributed by atoms with van der Waals surface area (Å²) in [6.07, 6.45) is 0. The van der Waals surface area contributed by atoms with E-state index in [2.05, 4.69) is 11.8 Å². The van der Waals surface area contributed by atoms with Gasteiger partial charge in [-0.25, -0.2) is 8.60 Å². The molecule has 1 N–H and O–H groups in total. The van der Waals surface area contributed by atoms with Crippen LogP contribution in [0.3, 0.4) is 0 Å². The highest BCUT2D eigenvalue weighted by atomic mass is 32.2. The highest BCUT2D eigenvalue weighted by molar-refractivity contribution is 7.79. The molecule has 1 aliphatic heterocycles. The second kappa shape index (κ2) is 6.30. The lowest BCUT2D eigenvalue weighted by Crippen LogP contribution is -2.10. The zero-order chi connectivity index (χ0) is 15.5. The molecule has 0 bridgehead atoms. The molecule has 0 amide bonds. The minimum Gasteiger partial charge on any atom is -0.493 e. The number of fused-ring (bicyclic) bond motifs is 1. The monoisotopic (exact) mass is 316 g/mol. The van der Waals surface area contributed by atoms with Crippen LogP contribution in [0.1, 0.15) is 22.6 Å². The van der Waals surface area contributed by atoms with Gasteiger partial charge in [0, 0.05) is 17.0 Å². The number of halogens is 1. The van der Waals surface area contributed by atoms with Crippen LogP contribution in [0.4, 0.5) is 4.39 Å². The summed E-state index contributed by atoms with van der Waals surface area (Å²) in [6, 6.07) is 11.8. The van der Waals surface area contributed by atoms with Crippen LogP contribution in [0.5, 0.6) is 5.75 Å². The summed E-state index contributed by atoms with van der Waals surface area (Å²) in [6.45, 7) is 0.395. The van der Waals surface area contributed by atoms with Gasteiger partial charge < -0.3 is 9.29 Å². The maximum atomic E-state index is 13.5. The van der Waals surface area contributed by atoms with E-state index in [-0.39, 0.29) is 17.5 Å². The zero-order valence-electron chi connectivity index (χ0n) is 11.6. The van der Waals surface area contributed by atoms with E-state index in [0.717, 1.165) is 5.56 Å². The smallest absolute Gasteiger partial charge is 0.153 e. The van der Waals surface area contributed by atoms with E-state index in [4.69, 9.17) is 9.29 Å². The van der Waals surface area contributed by atoms with E-state index in [0.29, 0.717) is 23.5 Å². The van der Waals surface area contributed by atoms with E-state index in [1.54, 1.807) is 24.3 Å². The molecule has 22 heavy (non-hydrogen) atoms. The number of benzene rings is 2. The lowest BCUT2D eigenvalue weighted by Gasteiger charge is -2.04. The van der Waals surface area contributed by atoms with Crippen LogP contribution in [0.25, 0.3) is 0 Å². The molecule has 3 rings (SSSR count). The average molecular weight is 316 g/mol. The molecule has 0 aliphatic carbocycles. The summed E-state index contributed by atoms with van der Waals surface area (Å²) < 4.78 is 39.0. The Morgan fingerprint density at radius 3 is 2.86 bits per heavy atom. The summed E-state index contributed by atoms with van der Waals surface area (Å²) in [5, 5.41) is 0. The van der Waals surface area contributed by atoms with Crippen LogP contribution < -0.4 is 4.74 Å². The Hall–Kier alpha value is -2.16. The molecule has 2 aromatic rings. The molecule has 0 fully saturated rings. The molecule has 112 valence electrons. The van der Waals surface area contributed by atoms with Gasteiger partial charge in [0.25, 0.3) is 0 Å². The zero-order valence-corrected chi connectivity index (χ0v) is 12.4. The topological polar surface area (TPSA) is 46.5 Å². The molecule has 5 heteroatoms. The summed E-state index contributed by atoms with van der Waals surface area (Å²) in [5.41, 5.74) is 1.98. The highest BCUT2D eigenvalue weighted by Gasteiger charge is 2.25. The Bertz CT molecular complexity index is 792. The first-order chi connectivity index (χ1) is 10.6. The quantitative estimate of drug-likeness (QED) is 0.684. The molecule has 0 spiro atoms. The van der Waals surface area contributed by atoms with Crippen molar-refractivity contribution in [2.24, 2.45) is 0 Å². The number of rotatable bonds is 2. The minimum atomic E-state index is -1.85. The predicted molar refractivity (Wildman–Crippen MR) is 82.7 cm³/mol. The fourth-order valence-corrected chi connectivity index (χ4v) is 2.99. The van der Waals surface area contributed by atoms with Crippen LogP contribution in [0.15, 0.2) is 42.5 Å². The molecule has 0 saturated carbocycles. The number of hydrogen-bond acceptors (Lipinski definition) is 2. The Kier molecular flexibility index (Phi) is 4.23. The Balaban J connectivity index is 1.84. The Morgan fingerprint density at radius 1 is 1.27 bits per heavy atom. The number of ether oxygens (including phenoxy) is 1. The van der Waals surface area contributed by atoms with Gasteiger partial charge in [-0.05, 0) is 24.3 Å². The van der Waals surface area contributed by atoms with Crippen molar-refractivity contribution < 1.29 is 17.9 Å². The Morgan fingerprint density at radius 2 is 2.09 bits per heavy atom. The maximum absolute atomic E-state index is 13.5. The van der Waals surface area contributed by atoms with Crippen molar-refractivity contribution in [3.63, 3.8) is 0 Å². The van der Waals surface area contributed by atoms with Crippen molar-refractivity contribution >= 4 is 11.1 Å². The fourth-order valence-electron chi connectivity index (χ4n) is 2.37. The van der Waals surface area contributed by atoms with E-state index < -0.39 is 11.1 Å². The van der Waals surface area contributed by atoms with E-state index in [9.17, 15) is 8.60 Å². The lowest BCUT2D eigenvalue weighted by atomic mass is 10.0. The third-order valence-corrected chi connectivity index (χ3v) is 4.14. The molecule has 1 aliphatic rings. The van der Waals surface area contributed by atoms with Gasteiger partial charge in [-0.3, -0.25) is 0 Å². The average Bonchev–Trinajstić information content (AvgIpc) is 2.88. The van der Waals surface area contributed by atoms with Crippen LogP contribution in [-0.2, 0) is 11.1 Å². The van der Waals surface area contributed by atoms with Crippen LogP contribution >= 0.6 is 0 Å². The third-order valence-electron chi connectivity index (χ3n) is 3.45. The normalized spacial score (nSPS) is 17.1. The van der Waals surface area contributed by atoms with Crippen molar-refractivity contribution in [1.82, 2.24) is 0 Å². The number of hydrogen-bond donors (Lipinski definition) is 1. The van der Waals surface area contributed by atoms with Gasteiger partial charge in [0.1, 0.15) is 11.6 Å². The molecule has 0 radical (unpaired) electrons. The molecule has 2 aromatic carbocycles. The van der Waals surface area contributed by atoms with Crippen LogP contribution in [0, 0.1) is 17.7 Å². The molecular weight excluding hydrogens is 303 g/mol. The summed E-state index contributed by atoms with van der Waals surface area (Å²) in [5.74, 6) is 6.12. The van der Waals surface area contributed by atoms with E-state index in [1.165, 1.54) is 6.07 Å². The third kappa shape index (κ3) is 3.19. The second-order valence-electron chi connectivity index (χ2n) is 4.98. The van der Waals surface area contributed by atoms with Gasteiger partial charge in [0.05, 0.1) is 17.9 Å². The standard InChI is InChI=1S/C17H13FO3S/c18-16-4-2-1-3-13(16)7-5-12-6-8-15-14(11-22(19)20)10-21-17(15)9-12/h1-4,6,8-9,14H,10-11H2,(H,19,20). The van der Waals surface area contributed by atoms with Gasteiger partial charge in [-0.2, -0.15) is 0 Å². The first-order valence-electron chi connectivity index (χ1n) is 6.74. The SMILES string of the molecule is O=S(O)CC1COc2cc(C#Cc3ccccc3F)ccc21. The molecule has 2 unspecified atom stereocenters. The predicted octanol–water partition coefficient (Wildman–Crippen LogP) is 2.92. The highest BCUT2D eigenvalue weighted by Crippen LogP contribution is 2.34. The minimum absolute atomic E-state index is 0.0746. The molecule has 1 heterocycles. The van der Waals surface area contributed by atoms with Crippen LogP contribution in [-0.4, -0.2) is 21.1 Å². The molecule has 0 aromatic heterocycles. The molecule has 2 atom stereocenters. The van der Waals surface area contributed by atoms with Gasteiger partial charge >= 0.3 is 0 Å². The van der Waals surface area contributed by atoms with Crippen LogP contribution in [0.2, 0.25) is 0 Å². The van der Waals surface area contributed by atoms with E-state index in [1.807, 2.05) is 12.1 Å². The first-order valence-corrected chi connectivity index (χ1v) is 8.02. The Labute approximate surface area is 130 Å². The molecule has 0 saturated heterocycles. The van der Waals surface area contributed by atoms with E-state index >= 15 is 0 Å².